The fourth-order valence-electron chi connectivity index (χ4n) is 3.79. The molecule has 10 heteroatoms. The summed E-state index contributed by atoms with van der Waals surface area (Å²) < 4.78 is 32.9. The quantitative estimate of drug-likeness (QED) is 0.273. The third kappa shape index (κ3) is 6.71. The van der Waals surface area contributed by atoms with Gasteiger partial charge in [-0.1, -0.05) is 23.9 Å². The van der Waals surface area contributed by atoms with E-state index in [1.807, 2.05) is 30.3 Å². The summed E-state index contributed by atoms with van der Waals surface area (Å²) in [5.41, 5.74) is 4.15. The average molecular weight is 539 g/mol. The molecule has 0 saturated carbocycles. The van der Waals surface area contributed by atoms with E-state index in [-0.39, 0.29) is 11.7 Å². The zero-order chi connectivity index (χ0) is 26.4. The Balaban J connectivity index is 1.79. The van der Waals surface area contributed by atoms with Gasteiger partial charge in [0.15, 0.2) is 5.16 Å². The number of nitrogens with one attached hydrogen (secondary N) is 1. The van der Waals surface area contributed by atoms with Crippen LogP contribution in [0.1, 0.15) is 12.5 Å². The van der Waals surface area contributed by atoms with Crippen LogP contribution in [0.3, 0.4) is 0 Å². The lowest BCUT2D eigenvalue weighted by Gasteiger charge is -2.13. The largest absolute Gasteiger partial charge is 0.383 e. The molecule has 1 N–H and O–H groups in total. The molecular weight excluding hydrogens is 511 g/mol. The van der Waals surface area contributed by atoms with E-state index in [1.54, 1.807) is 49.5 Å². The summed E-state index contributed by atoms with van der Waals surface area (Å²) in [6.07, 6.45) is 3.29. The van der Waals surface area contributed by atoms with Gasteiger partial charge in [0.1, 0.15) is 11.6 Å². The number of nitrogens with zero attached hydrogens (tertiary/aromatic N) is 3. The summed E-state index contributed by atoms with van der Waals surface area (Å²) >= 11 is 1.57. The van der Waals surface area contributed by atoms with Gasteiger partial charge in [0.2, 0.25) is 5.91 Å². The summed E-state index contributed by atoms with van der Waals surface area (Å²) in [6.45, 7) is 2.43. The van der Waals surface area contributed by atoms with Crippen molar-refractivity contribution in [2.24, 2.45) is 0 Å². The van der Waals surface area contributed by atoms with E-state index in [2.05, 4.69) is 14.9 Å². The number of methoxy groups -OCH3 is 1. The van der Waals surface area contributed by atoms with Gasteiger partial charge >= 0.3 is 0 Å². The van der Waals surface area contributed by atoms with Crippen LogP contribution in [0, 0.1) is 5.82 Å². The van der Waals surface area contributed by atoms with Crippen molar-refractivity contribution in [3.63, 3.8) is 0 Å². The minimum Gasteiger partial charge on any atom is -0.383 e. The fourth-order valence-corrected chi connectivity index (χ4v) is 5.29. The molecule has 0 saturated heterocycles. The zero-order valence-electron chi connectivity index (χ0n) is 20.7. The highest BCUT2D eigenvalue weighted by molar-refractivity contribution is 7.98. The predicted molar refractivity (Wildman–Crippen MR) is 145 cm³/mol. The predicted octanol–water partition coefficient (Wildman–Crippen LogP) is 5.39. The van der Waals surface area contributed by atoms with Crippen LogP contribution < -0.4 is 5.32 Å². The highest BCUT2D eigenvalue weighted by Crippen LogP contribution is 2.37. The fraction of sp³-hybridized carbons (Fsp3) is 0.222. The van der Waals surface area contributed by atoms with E-state index in [0.717, 1.165) is 32.4 Å². The minimum atomic E-state index is -1.03. The van der Waals surface area contributed by atoms with Gasteiger partial charge in [-0.05, 0) is 54.1 Å². The maximum absolute atomic E-state index is 13.7. The van der Waals surface area contributed by atoms with Gasteiger partial charge in [0.05, 0.1) is 18.0 Å². The molecule has 7 nitrogen and oxygen atoms in total. The van der Waals surface area contributed by atoms with Gasteiger partial charge in [-0.3, -0.25) is 9.00 Å². The summed E-state index contributed by atoms with van der Waals surface area (Å²) in [6, 6.07) is 17.6. The normalized spacial score (nSPS) is 11.9. The van der Waals surface area contributed by atoms with Crippen LogP contribution >= 0.6 is 11.8 Å². The molecule has 1 atom stereocenters. The van der Waals surface area contributed by atoms with Crippen LogP contribution in [-0.4, -0.2) is 44.6 Å². The van der Waals surface area contributed by atoms with Crippen molar-refractivity contribution in [3.05, 3.63) is 78.2 Å². The van der Waals surface area contributed by atoms with Crippen LogP contribution in [0.2, 0.25) is 0 Å². The lowest BCUT2D eigenvalue weighted by Crippen LogP contribution is -2.09. The Kier molecular flexibility index (Phi) is 8.86. The minimum absolute atomic E-state index is 0.217. The van der Waals surface area contributed by atoms with E-state index < -0.39 is 10.8 Å². The second-order valence-corrected chi connectivity index (χ2v) is 10.6. The molecule has 0 aliphatic carbocycles. The van der Waals surface area contributed by atoms with Crippen molar-refractivity contribution < 1.29 is 18.1 Å². The number of carbonyl (C=O) groups excluding carboxylic acids is 1. The number of hydrogen-bond donors (Lipinski definition) is 1. The zero-order valence-corrected chi connectivity index (χ0v) is 22.4. The summed E-state index contributed by atoms with van der Waals surface area (Å²) in [7, 11) is 0.614. The van der Waals surface area contributed by atoms with Gasteiger partial charge in [-0.25, -0.2) is 14.4 Å². The number of aromatic nitrogens is 3. The molecule has 0 aliphatic rings. The number of benzene rings is 2. The SMILES string of the molecule is COCCn1c(SCc2ccc(S(C)=O)cc2)nc(-c2ccc(F)cc2)c1-c1ccnc(NC(C)=O)c1. The van der Waals surface area contributed by atoms with Crippen LogP contribution in [0.25, 0.3) is 22.5 Å². The summed E-state index contributed by atoms with van der Waals surface area (Å²) in [5, 5.41) is 3.50. The smallest absolute Gasteiger partial charge is 0.222 e. The van der Waals surface area contributed by atoms with Crippen molar-refractivity contribution >= 4 is 34.3 Å². The Morgan fingerprint density at radius 3 is 2.49 bits per heavy atom. The van der Waals surface area contributed by atoms with Gasteiger partial charge < -0.3 is 14.6 Å². The molecule has 4 rings (SSSR count). The first kappa shape index (κ1) is 26.7. The van der Waals surface area contributed by atoms with Gasteiger partial charge in [0, 0.05) is 65.6 Å². The maximum atomic E-state index is 13.7. The highest BCUT2D eigenvalue weighted by Gasteiger charge is 2.21. The Morgan fingerprint density at radius 1 is 1.11 bits per heavy atom. The number of hydrogen-bond acceptors (Lipinski definition) is 6. The number of pyridine rings is 1. The third-order valence-electron chi connectivity index (χ3n) is 5.53. The molecule has 1 amide bonds. The van der Waals surface area contributed by atoms with Gasteiger partial charge in [-0.15, -0.1) is 0 Å². The molecule has 0 bridgehead atoms. The lowest BCUT2D eigenvalue weighted by molar-refractivity contribution is -0.114. The van der Waals surface area contributed by atoms with Crippen LogP contribution in [0.5, 0.6) is 0 Å². The van der Waals surface area contributed by atoms with Crippen LogP contribution in [0.4, 0.5) is 10.2 Å². The molecule has 2 aromatic carbocycles. The number of carbonyl (C=O) groups is 1. The summed E-state index contributed by atoms with van der Waals surface area (Å²) in [4.78, 5) is 21.6. The van der Waals surface area contributed by atoms with Gasteiger partial charge in [-0.2, -0.15) is 0 Å². The third-order valence-corrected chi connectivity index (χ3v) is 7.51. The Morgan fingerprint density at radius 2 is 1.84 bits per heavy atom. The second-order valence-electron chi connectivity index (χ2n) is 8.24. The summed E-state index contributed by atoms with van der Waals surface area (Å²) in [5.74, 6) is 0.533. The highest BCUT2D eigenvalue weighted by atomic mass is 32.2. The van der Waals surface area contributed by atoms with E-state index in [9.17, 15) is 13.4 Å². The van der Waals surface area contributed by atoms with E-state index in [0.29, 0.717) is 30.4 Å². The first-order chi connectivity index (χ1) is 17.9. The topological polar surface area (TPSA) is 86.1 Å². The van der Waals surface area contributed by atoms with Crippen molar-refractivity contribution in [2.45, 2.75) is 29.3 Å². The van der Waals surface area contributed by atoms with Gasteiger partial charge in [0.25, 0.3) is 0 Å². The Labute approximate surface area is 222 Å². The molecule has 37 heavy (non-hydrogen) atoms. The average Bonchev–Trinajstić information content (AvgIpc) is 3.25. The van der Waals surface area contributed by atoms with E-state index in [1.165, 1.54) is 19.1 Å². The van der Waals surface area contributed by atoms with Crippen molar-refractivity contribution in [1.82, 2.24) is 14.5 Å². The number of imidazole rings is 1. The van der Waals surface area contributed by atoms with Crippen molar-refractivity contribution in [2.75, 3.05) is 25.3 Å². The molecule has 0 fully saturated rings. The molecule has 192 valence electrons. The van der Waals surface area contributed by atoms with Crippen molar-refractivity contribution in [1.29, 1.82) is 0 Å². The molecular formula is C27H27FN4O3S2. The molecule has 1 unspecified atom stereocenters. The van der Waals surface area contributed by atoms with Crippen LogP contribution in [-0.2, 0) is 32.6 Å². The monoisotopic (exact) mass is 538 g/mol. The number of rotatable bonds is 10. The lowest BCUT2D eigenvalue weighted by atomic mass is 10.1. The second kappa shape index (κ2) is 12.3. The Bertz CT molecular complexity index is 1410. The molecule has 4 aromatic rings. The number of thioether (sulfide) groups is 1. The number of anilines is 1. The first-order valence-electron chi connectivity index (χ1n) is 11.5. The molecule has 2 heterocycles. The molecule has 0 aliphatic heterocycles. The number of ether oxygens (including phenoxy) is 1. The molecule has 0 spiro atoms. The van der Waals surface area contributed by atoms with Crippen LogP contribution in [0.15, 0.2) is 76.9 Å². The maximum Gasteiger partial charge on any atom is 0.222 e. The molecule has 0 radical (unpaired) electrons. The standard InChI is InChI=1S/C27H27FN4O3S2/c1-18(33)30-24-16-21(12-13-29-24)26-25(20-6-8-22(28)9-7-20)31-27(32(26)14-15-35-2)36-17-19-4-10-23(11-5-19)37(3)34/h4-13,16H,14-15,17H2,1-3H3,(H,29,30,33). The number of amides is 1. The number of halogens is 1. The van der Waals surface area contributed by atoms with Crippen molar-refractivity contribution in [3.8, 4) is 22.5 Å². The Hall–Kier alpha value is -3.34. The molecule has 2 aromatic heterocycles. The van der Waals surface area contributed by atoms with E-state index in [4.69, 9.17) is 9.72 Å². The van der Waals surface area contributed by atoms with E-state index >= 15 is 0 Å². The first-order valence-corrected chi connectivity index (χ1v) is 14.0.